The van der Waals surface area contributed by atoms with Crippen molar-refractivity contribution >= 4 is 11.8 Å². The first-order valence-corrected chi connectivity index (χ1v) is 8.14. The van der Waals surface area contributed by atoms with Crippen LogP contribution in [-0.2, 0) is 11.2 Å². The van der Waals surface area contributed by atoms with Crippen LogP contribution in [-0.4, -0.2) is 17.3 Å². The summed E-state index contributed by atoms with van der Waals surface area (Å²) >= 11 is 1.60. The second-order valence-electron chi connectivity index (χ2n) is 6.12. The van der Waals surface area contributed by atoms with Gasteiger partial charge in [0.25, 0.3) is 0 Å². The van der Waals surface area contributed by atoms with E-state index in [-0.39, 0.29) is 16.5 Å². The van der Waals surface area contributed by atoms with E-state index in [4.69, 9.17) is 9.26 Å². The van der Waals surface area contributed by atoms with Crippen LogP contribution in [0.2, 0.25) is 0 Å². The van der Waals surface area contributed by atoms with Crippen LogP contribution in [0, 0.1) is 5.82 Å². The fourth-order valence-electron chi connectivity index (χ4n) is 1.85. The van der Waals surface area contributed by atoms with Crippen molar-refractivity contribution < 1.29 is 13.7 Å². The number of hydrogen-bond acceptors (Lipinski definition) is 5. The van der Waals surface area contributed by atoms with Crippen molar-refractivity contribution in [2.75, 3.05) is 7.11 Å². The smallest absolute Gasteiger partial charge is 0.239 e. The Morgan fingerprint density at radius 1 is 1.36 bits per heavy atom. The van der Waals surface area contributed by atoms with Gasteiger partial charge in [0, 0.05) is 16.7 Å². The lowest BCUT2D eigenvalue weighted by molar-refractivity contribution is 0.364. The van der Waals surface area contributed by atoms with Gasteiger partial charge in [-0.15, -0.1) is 11.8 Å². The molecule has 2 rings (SSSR count). The molecule has 120 valence electrons. The van der Waals surface area contributed by atoms with Gasteiger partial charge in [0.15, 0.2) is 5.82 Å². The summed E-state index contributed by atoms with van der Waals surface area (Å²) in [5, 5.41) is 4.05. The molecule has 0 N–H and O–H groups in total. The van der Waals surface area contributed by atoms with E-state index in [9.17, 15) is 4.39 Å². The van der Waals surface area contributed by atoms with Crippen molar-refractivity contribution in [2.24, 2.45) is 0 Å². The molecule has 1 heterocycles. The van der Waals surface area contributed by atoms with E-state index in [0.29, 0.717) is 23.2 Å². The highest BCUT2D eigenvalue weighted by Gasteiger charge is 2.23. The van der Waals surface area contributed by atoms with Gasteiger partial charge in [-0.3, -0.25) is 0 Å². The average molecular weight is 324 g/mol. The van der Waals surface area contributed by atoms with Gasteiger partial charge in [-0.2, -0.15) is 4.98 Å². The minimum absolute atomic E-state index is 0.0246. The molecule has 22 heavy (non-hydrogen) atoms. The van der Waals surface area contributed by atoms with Crippen LogP contribution >= 0.6 is 11.8 Å². The Kier molecular flexibility index (Phi) is 5.11. The van der Waals surface area contributed by atoms with Crippen LogP contribution in [0.15, 0.2) is 22.7 Å². The molecule has 6 heteroatoms. The maximum absolute atomic E-state index is 13.4. The van der Waals surface area contributed by atoms with Crippen molar-refractivity contribution in [3.05, 3.63) is 41.3 Å². The third-order valence-corrected chi connectivity index (χ3v) is 4.37. The molecular weight excluding hydrogens is 303 g/mol. The fourth-order valence-corrected chi connectivity index (χ4v) is 2.74. The Bertz CT molecular complexity index is 637. The molecule has 0 spiro atoms. The summed E-state index contributed by atoms with van der Waals surface area (Å²) in [6.07, 6.45) is 0. The molecule has 0 saturated heterocycles. The van der Waals surface area contributed by atoms with Crippen molar-refractivity contribution in [3.8, 4) is 5.75 Å². The minimum Gasteiger partial charge on any atom is -0.496 e. The molecule has 1 aromatic carbocycles. The summed E-state index contributed by atoms with van der Waals surface area (Å²) in [4.78, 5) is 4.45. The zero-order chi connectivity index (χ0) is 16.3. The topological polar surface area (TPSA) is 48.2 Å². The molecule has 0 fully saturated rings. The predicted molar refractivity (Wildman–Crippen MR) is 85.7 cm³/mol. The third kappa shape index (κ3) is 4.00. The molecule has 1 unspecified atom stereocenters. The quantitative estimate of drug-likeness (QED) is 0.810. The normalized spacial score (nSPS) is 13.2. The summed E-state index contributed by atoms with van der Waals surface area (Å²) in [7, 11) is 1.58. The molecule has 1 atom stereocenters. The SMILES string of the molecule is COc1ccc(F)cc1CSC(C)c1nc(C(C)(C)C)no1. The zero-order valence-corrected chi connectivity index (χ0v) is 14.3. The van der Waals surface area contributed by atoms with Gasteiger partial charge in [-0.05, 0) is 25.1 Å². The molecule has 2 aromatic rings. The molecule has 0 aliphatic carbocycles. The maximum Gasteiger partial charge on any atom is 0.239 e. The lowest BCUT2D eigenvalue weighted by atomic mass is 9.96. The van der Waals surface area contributed by atoms with E-state index < -0.39 is 0 Å². The number of halogens is 1. The lowest BCUT2D eigenvalue weighted by Crippen LogP contribution is -2.13. The Hall–Kier alpha value is -1.56. The van der Waals surface area contributed by atoms with Crippen LogP contribution < -0.4 is 4.74 Å². The summed E-state index contributed by atoms with van der Waals surface area (Å²) in [5.74, 6) is 2.30. The second kappa shape index (κ2) is 6.69. The van der Waals surface area contributed by atoms with Crippen molar-refractivity contribution in [1.29, 1.82) is 0 Å². The highest BCUT2D eigenvalue weighted by atomic mass is 32.2. The lowest BCUT2D eigenvalue weighted by Gasteiger charge is -2.12. The summed E-state index contributed by atoms with van der Waals surface area (Å²) < 4.78 is 23.9. The van der Waals surface area contributed by atoms with Crippen LogP contribution in [0.1, 0.15) is 50.2 Å². The van der Waals surface area contributed by atoms with Crippen molar-refractivity contribution in [2.45, 2.75) is 44.1 Å². The van der Waals surface area contributed by atoms with E-state index in [1.165, 1.54) is 12.1 Å². The highest BCUT2D eigenvalue weighted by Crippen LogP contribution is 2.34. The van der Waals surface area contributed by atoms with E-state index in [2.05, 4.69) is 10.1 Å². The highest BCUT2D eigenvalue weighted by molar-refractivity contribution is 7.98. The van der Waals surface area contributed by atoms with Gasteiger partial charge in [0.2, 0.25) is 5.89 Å². The van der Waals surface area contributed by atoms with Gasteiger partial charge >= 0.3 is 0 Å². The molecular formula is C16H21FN2O2S. The van der Waals surface area contributed by atoms with Crippen LogP contribution in [0.3, 0.4) is 0 Å². The van der Waals surface area contributed by atoms with E-state index in [1.807, 2.05) is 27.7 Å². The second-order valence-corrected chi connectivity index (χ2v) is 7.44. The molecule has 0 saturated carbocycles. The molecule has 0 bridgehead atoms. The van der Waals surface area contributed by atoms with Crippen LogP contribution in [0.5, 0.6) is 5.75 Å². The number of thioether (sulfide) groups is 1. The van der Waals surface area contributed by atoms with Gasteiger partial charge in [0.05, 0.1) is 12.4 Å². The monoisotopic (exact) mass is 324 g/mol. The standard InChI is InChI=1S/C16H21FN2O2S/c1-10(14-18-15(19-21-14)16(2,3)4)22-9-11-8-12(17)6-7-13(11)20-5/h6-8,10H,9H2,1-5H3. The minimum atomic E-state index is -0.267. The van der Waals surface area contributed by atoms with Crippen molar-refractivity contribution in [3.63, 3.8) is 0 Å². The number of nitrogens with zero attached hydrogens (tertiary/aromatic N) is 2. The van der Waals surface area contributed by atoms with Crippen LogP contribution in [0.25, 0.3) is 0 Å². The van der Waals surface area contributed by atoms with E-state index >= 15 is 0 Å². The van der Waals surface area contributed by atoms with Crippen LogP contribution in [0.4, 0.5) is 4.39 Å². The Labute approximate surface area is 134 Å². The van der Waals surface area contributed by atoms with E-state index in [0.717, 1.165) is 5.56 Å². The number of aromatic nitrogens is 2. The Balaban J connectivity index is 2.05. The first-order valence-electron chi connectivity index (χ1n) is 7.09. The predicted octanol–water partition coefficient (Wildman–Crippen LogP) is 4.51. The summed E-state index contributed by atoms with van der Waals surface area (Å²) in [5.41, 5.74) is 0.674. The number of rotatable bonds is 5. The van der Waals surface area contributed by atoms with Gasteiger partial charge in [0.1, 0.15) is 11.6 Å². The van der Waals surface area contributed by atoms with Gasteiger partial charge in [-0.25, -0.2) is 4.39 Å². The first kappa shape index (κ1) is 16.8. The largest absolute Gasteiger partial charge is 0.496 e. The first-order chi connectivity index (χ1) is 10.3. The third-order valence-electron chi connectivity index (χ3n) is 3.19. The molecule has 0 aliphatic rings. The van der Waals surface area contributed by atoms with Gasteiger partial charge in [-0.1, -0.05) is 25.9 Å². The summed E-state index contributed by atoms with van der Waals surface area (Å²) in [6.45, 7) is 8.11. The maximum atomic E-state index is 13.4. The van der Waals surface area contributed by atoms with Crippen molar-refractivity contribution in [1.82, 2.24) is 10.1 Å². The molecule has 0 amide bonds. The number of hydrogen-bond donors (Lipinski definition) is 0. The fraction of sp³-hybridized carbons (Fsp3) is 0.500. The zero-order valence-electron chi connectivity index (χ0n) is 13.5. The Morgan fingerprint density at radius 2 is 2.09 bits per heavy atom. The number of ether oxygens (including phenoxy) is 1. The molecule has 1 aromatic heterocycles. The van der Waals surface area contributed by atoms with E-state index in [1.54, 1.807) is 24.9 Å². The number of methoxy groups -OCH3 is 1. The Morgan fingerprint density at radius 3 is 2.68 bits per heavy atom. The molecule has 4 nitrogen and oxygen atoms in total. The molecule has 0 radical (unpaired) electrons. The molecule has 0 aliphatic heterocycles. The number of benzene rings is 1. The summed E-state index contributed by atoms with van der Waals surface area (Å²) in [6, 6.07) is 4.53. The van der Waals surface area contributed by atoms with Gasteiger partial charge < -0.3 is 9.26 Å². The average Bonchev–Trinajstić information content (AvgIpc) is 2.95.